The lowest BCUT2D eigenvalue weighted by atomic mass is 10.2. The predicted molar refractivity (Wildman–Crippen MR) is 82.0 cm³/mol. The van der Waals surface area contributed by atoms with Crippen LogP contribution in [0.1, 0.15) is 5.56 Å². The molecule has 0 saturated carbocycles. The van der Waals surface area contributed by atoms with Crippen molar-refractivity contribution in [2.24, 2.45) is 0 Å². The maximum atomic E-state index is 5.88. The SMILES string of the molecule is Nc1cc(I)ccc1OCc1cccc(Br)c1. The summed E-state index contributed by atoms with van der Waals surface area (Å²) in [6, 6.07) is 13.8. The predicted octanol–water partition coefficient (Wildman–Crippen LogP) is 4.21. The van der Waals surface area contributed by atoms with Gasteiger partial charge in [-0.2, -0.15) is 0 Å². The Balaban J connectivity index is 2.07. The van der Waals surface area contributed by atoms with E-state index in [-0.39, 0.29) is 0 Å². The van der Waals surface area contributed by atoms with Crippen molar-refractivity contribution < 1.29 is 4.74 Å². The number of nitrogens with two attached hydrogens (primary N) is 1. The van der Waals surface area contributed by atoms with E-state index in [0.717, 1.165) is 19.4 Å². The average molecular weight is 404 g/mol. The highest BCUT2D eigenvalue weighted by atomic mass is 127. The van der Waals surface area contributed by atoms with Gasteiger partial charge in [0.25, 0.3) is 0 Å². The molecule has 2 nitrogen and oxygen atoms in total. The molecule has 17 heavy (non-hydrogen) atoms. The molecule has 2 rings (SSSR count). The minimum absolute atomic E-state index is 0.518. The van der Waals surface area contributed by atoms with Gasteiger partial charge in [-0.1, -0.05) is 28.1 Å². The minimum Gasteiger partial charge on any atom is -0.487 e. The van der Waals surface area contributed by atoms with Gasteiger partial charge in [0.2, 0.25) is 0 Å². The fraction of sp³-hybridized carbons (Fsp3) is 0.0769. The van der Waals surface area contributed by atoms with E-state index in [9.17, 15) is 0 Å². The third-order valence-corrected chi connectivity index (χ3v) is 3.42. The molecule has 2 N–H and O–H groups in total. The lowest BCUT2D eigenvalue weighted by Crippen LogP contribution is -1.98. The molecule has 0 amide bonds. The molecule has 0 aliphatic heterocycles. The lowest BCUT2D eigenvalue weighted by molar-refractivity contribution is 0.308. The largest absolute Gasteiger partial charge is 0.487 e. The van der Waals surface area contributed by atoms with Crippen molar-refractivity contribution in [3.63, 3.8) is 0 Å². The molecule has 0 fully saturated rings. The molecule has 0 saturated heterocycles. The fourth-order valence-electron chi connectivity index (χ4n) is 1.44. The highest BCUT2D eigenvalue weighted by molar-refractivity contribution is 14.1. The van der Waals surface area contributed by atoms with Crippen LogP contribution < -0.4 is 10.5 Å². The number of nitrogen functional groups attached to an aromatic ring is 1. The van der Waals surface area contributed by atoms with Crippen molar-refractivity contribution >= 4 is 44.2 Å². The van der Waals surface area contributed by atoms with Gasteiger partial charge < -0.3 is 10.5 Å². The standard InChI is InChI=1S/C13H11BrINO/c14-10-3-1-2-9(6-10)8-17-13-5-4-11(15)7-12(13)16/h1-7H,8,16H2. The molecule has 0 aliphatic rings. The van der Waals surface area contributed by atoms with Crippen LogP contribution in [0.3, 0.4) is 0 Å². The van der Waals surface area contributed by atoms with Crippen LogP contribution in [-0.4, -0.2) is 0 Å². The smallest absolute Gasteiger partial charge is 0.142 e. The Morgan fingerprint density at radius 3 is 2.71 bits per heavy atom. The van der Waals surface area contributed by atoms with Gasteiger partial charge >= 0.3 is 0 Å². The Labute approximate surface area is 122 Å². The first-order chi connectivity index (χ1) is 8.15. The Bertz CT molecular complexity index is 531. The molecule has 0 unspecified atom stereocenters. The van der Waals surface area contributed by atoms with Crippen molar-refractivity contribution in [1.82, 2.24) is 0 Å². The summed E-state index contributed by atoms with van der Waals surface area (Å²) in [5.74, 6) is 0.727. The molecule has 0 radical (unpaired) electrons. The van der Waals surface area contributed by atoms with Crippen LogP contribution in [0.4, 0.5) is 5.69 Å². The molecular weight excluding hydrogens is 393 g/mol. The Hall–Kier alpha value is -0.750. The summed E-state index contributed by atoms with van der Waals surface area (Å²) in [4.78, 5) is 0. The van der Waals surface area contributed by atoms with Gasteiger partial charge in [0, 0.05) is 8.04 Å². The third kappa shape index (κ3) is 3.61. The summed E-state index contributed by atoms with van der Waals surface area (Å²) in [7, 11) is 0. The molecule has 2 aromatic carbocycles. The van der Waals surface area contributed by atoms with E-state index in [2.05, 4.69) is 38.5 Å². The van der Waals surface area contributed by atoms with Crippen LogP contribution in [0, 0.1) is 3.57 Å². The summed E-state index contributed by atoms with van der Waals surface area (Å²) in [5, 5.41) is 0. The number of benzene rings is 2. The number of hydrogen-bond acceptors (Lipinski definition) is 2. The summed E-state index contributed by atoms with van der Waals surface area (Å²) in [5.41, 5.74) is 7.66. The number of anilines is 1. The monoisotopic (exact) mass is 403 g/mol. The van der Waals surface area contributed by atoms with Crippen LogP contribution in [0.15, 0.2) is 46.9 Å². The number of rotatable bonds is 3. The zero-order valence-corrected chi connectivity index (χ0v) is 12.7. The maximum absolute atomic E-state index is 5.88. The first-order valence-corrected chi connectivity index (χ1v) is 6.94. The number of ether oxygens (including phenoxy) is 1. The summed E-state index contributed by atoms with van der Waals surface area (Å²) in [6.07, 6.45) is 0. The van der Waals surface area contributed by atoms with Crippen LogP contribution in [0.2, 0.25) is 0 Å². The van der Waals surface area contributed by atoms with Crippen molar-refractivity contribution in [2.75, 3.05) is 5.73 Å². The van der Waals surface area contributed by atoms with E-state index in [4.69, 9.17) is 10.5 Å². The van der Waals surface area contributed by atoms with Crippen LogP contribution >= 0.6 is 38.5 Å². The van der Waals surface area contributed by atoms with Crippen LogP contribution in [0.25, 0.3) is 0 Å². The van der Waals surface area contributed by atoms with E-state index >= 15 is 0 Å². The normalized spacial score (nSPS) is 10.2. The Morgan fingerprint density at radius 2 is 2.00 bits per heavy atom. The van der Waals surface area contributed by atoms with Crippen molar-refractivity contribution in [2.45, 2.75) is 6.61 Å². The van der Waals surface area contributed by atoms with Crippen molar-refractivity contribution in [3.05, 3.63) is 56.1 Å². The van der Waals surface area contributed by atoms with Gasteiger partial charge in [-0.15, -0.1) is 0 Å². The minimum atomic E-state index is 0.518. The molecule has 88 valence electrons. The molecule has 0 atom stereocenters. The maximum Gasteiger partial charge on any atom is 0.142 e. The Morgan fingerprint density at radius 1 is 1.18 bits per heavy atom. The van der Waals surface area contributed by atoms with Gasteiger partial charge in [-0.05, 0) is 58.5 Å². The van der Waals surface area contributed by atoms with Gasteiger partial charge in [0.05, 0.1) is 5.69 Å². The van der Waals surface area contributed by atoms with Crippen LogP contribution in [-0.2, 0) is 6.61 Å². The lowest BCUT2D eigenvalue weighted by Gasteiger charge is -2.09. The second kappa shape index (κ2) is 5.73. The summed E-state index contributed by atoms with van der Waals surface area (Å²) >= 11 is 5.66. The van der Waals surface area contributed by atoms with Gasteiger partial charge in [0.15, 0.2) is 0 Å². The summed E-state index contributed by atoms with van der Waals surface area (Å²) < 4.78 is 7.84. The third-order valence-electron chi connectivity index (χ3n) is 2.26. The van der Waals surface area contributed by atoms with Crippen LogP contribution in [0.5, 0.6) is 5.75 Å². The number of hydrogen-bond donors (Lipinski definition) is 1. The van der Waals surface area contributed by atoms with E-state index in [1.807, 2.05) is 42.5 Å². The molecule has 2 aromatic rings. The molecular formula is C13H11BrINO. The number of halogens is 2. The van der Waals surface area contributed by atoms with Crippen molar-refractivity contribution in [3.8, 4) is 5.75 Å². The second-order valence-corrected chi connectivity index (χ2v) is 5.76. The first-order valence-electron chi connectivity index (χ1n) is 5.07. The molecule has 0 aliphatic carbocycles. The summed E-state index contributed by atoms with van der Waals surface area (Å²) in [6.45, 7) is 0.518. The van der Waals surface area contributed by atoms with E-state index in [1.54, 1.807) is 0 Å². The van der Waals surface area contributed by atoms with Gasteiger partial charge in [-0.3, -0.25) is 0 Å². The topological polar surface area (TPSA) is 35.2 Å². The van der Waals surface area contributed by atoms with Gasteiger partial charge in [0.1, 0.15) is 12.4 Å². The molecule has 0 aromatic heterocycles. The highest BCUT2D eigenvalue weighted by Gasteiger charge is 2.01. The van der Waals surface area contributed by atoms with E-state index in [0.29, 0.717) is 12.3 Å². The van der Waals surface area contributed by atoms with E-state index in [1.165, 1.54) is 0 Å². The molecule has 4 heteroatoms. The molecule has 0 spiro atoms. The first kappa shape index (κ1) is 12.7. The van der Waals surface area contributed by atoms with E-state index < -0.39 is 0 Å². The molecule has 0 bridgehead atoms. The zero-order chi connectivity index (χ0) is 12.3. The second-order valence-electron chi connectivity index (χ2n) is 3.60. The van der Waals surface area contributed by atoms with Gasteiger partial charge in [-0.25, -0.2) is 0 Å². The zero-order valence-electron chi connectivity index (χ0n) is 8.99. The fourth-order valence-corrected chi connectivity index (χ4v) is 2.40. The highest BCUT2D eigenvalue weighted by Crippen LogP contribution is 2.24. The molecule has 0 heterocycles. The Kier molecular flexibility index (Phi) is 4.28. The van der Waals surface area contributed by atoms with Crippen molar-refractivity contribution in [1.29, 1.82) is 0 Å². The quantitative estimate of drug-likeness (QED) is 0.615. The average Bonchev–Trinajstić information content (AvgIpc) is 2.28.